The van der Waals surface area contributed by atoms with Crippen LogP contribution in [0.3, 0.4) is 0 Å². The molecule has 8 heteroatoms. The zero-order valence-corrected chi connectivity index (χ0v) is 11.1. The highest BCUT2D eigenvalue weighted by atomic mass is 16.4. The summed E-state index contributed by atoms with van der Waals surface area (Å²) in [6.45, 7) is 1.56. The molecule has 22 heavy (non-hydrogen) atoms. The van der Waals surface area contributed by atoms with Crippen molar-refractivity contribution in [3.63, 3.8) is 0 Å². The van der Waals surface area contributed by atoms with Gasteiger partial charge < -0.3 is 15.2 Å². The first-order valence-corrected chi connectivity index (χ1v) is 6.12. The Morgan fingerprint density at radius 2 is 1.77 bits per heavy atom. The van der Waals surface area contributed by atoms with Crippen molar-refractivity contribution in [2.75, 3.05) is 0 Å². The van der Waals surface area contributed by atoms with E-state index in [0.717, 1.165) is 6.07 Å². The van der Waals surface area contributed by atoms with Crippen LogP contribution in [0.5, 0.6) is 0 Å². The van der Waals surface area contributed by atoms with Gasteiger partial charge in [-0.05, 0) is 24.6 Å². The fraction of sp³-hybridized carbons (Fsp3) is 0.0714. The molecule has 0 radical (unpaired) electrons. The number of carbonyl (C=O) groups is 4. The molecule has 0 unspecified atom stereocenters. The van der Waals surface area contributed by atoms with Gasteiger partial charge in [0.25, 0.3) is 5.78 Å². The third-order valence-corrected chi connectivity index (χ3v) is 3.40. The molecule has 1 aliphatic rings. The van der Waals surface area contributed by atoms with Gasteiger partial charge in [-0.3, -0.25) is 9.59 Å². The largest absolute Gasteiger partial charge is 0.477 e. The quantitative estimate of drug-likeness (QED) is 0.707. The Balaban J connectivity index is 2.36. The summed E-state index contributed by atoms with van der Waals surface area (Å²) in [5.41, 5.74) is -0.109. The maximum absolute atomic E-state index is 12.1. The van der Waals surface area contributed by atoms with Gasteiger partial charge in [-0.25, -0.2) is 14.6 Å². The molecule has 2 aromatic rings. The average Bonchev–Trinajstić information content (AvgIpc) is 2.89. The van der Waals surface area contributed by atoms with Crippen LogP contribution in [0.2, 0.25) is 0 Å². The van der Waals surface area contributed by atoms with Crippen molar-refractivity contribution in [1.29, 1.82) is 0 Å². The third kappa shape index (κ3) is 1.74. The van der Waals surface area contributed by atoms with Crippen LogP contribution in [-0.2, 0) is 0 Å². The van der Waals surface area contributed by atoms with E-state index in [9.17, 15) is 19.2 Å². The number of aromatic amines is 1. The molecule has 0 amide bonds. The molecular formula is C14H8N2O6. The van der Waals surface area contributed by atoms with Crippen molar-refractivity contribution in [3.05, 3.63) is 40.3 Å². The molecule has 110 valence electrons. The number of aromatic nitrogens is 2. The Morgan fingerprint density at radius 3 is 2.36 bits per heavy atom. The SMILES string of the molecule is Cc1cc(C(=O)O)nc2c1-c1[nH]c(C(=O)O)cc1C(=O)C2=O. The molecular weight excluding hydrogens is 292 g/mol. The van der Waals surface area contributed by atoms with Crippen molar-refractivity contribution in [3.8, 4) is 11.3 Å². The summed E-state index contributed by atoms with van der Waals surface area (Å²) >= 11 is 0. The minimum Gasteiger partial charge on any atom is -0.477 e. The van der Waals surface area contributed by atoms with Crippen LogP contribution in [0.15, 0.2) is 12.1 Å². The Hall–Kier alpha value is -3.29. The zero-order valence-electron chi connectivity index (χ0n) is 11.1. The molecule has 0 saturated carbocycles. The number of carbonyl (C=O) groups excluding carboxylic acids is 2. The van der Waals surface area contributed by atoms with Gasteiger partial charge in [0.2, 0.25) is 5.78 Å². The lowest BCUT2D eigenvalue weighted by Gasteiger charge is -2.16. The van der Waals surface area contributed by atoms with Gasteiger partial charge in [0, 0.05) is 5.56 Å². The molecule has 2 heterocycles. The van der Waals surface area contributed by atoms with Crippen LogP contribution in [0, 0.1) is 6.92 Å². The van der Waals surface area contributed by atoms with Crippen molar-refractivity contribution in [2.24, 2.45) is 0 Å². The highest BCUT2D eigenvalue weighted by Crippen LogP contribution is 2.35. The number of Topliss-reactive ketones (excluding diaryl/α,β-unsaturated/α-hetero) is 2. The number of aromatic carboxylic acids is 2. The first-order chi connectivity index (χ1) is 10.3. The number of rotatable bonds is 2. The van der Waals surface area contributed by atoms with Crippen LogP contribution >= 0.6 is 0 Å². The molecule has 0 atom stereocenters. The summed E-state index contributed by atoms with van der Waals surface area (Å²) in [5.74, 6) is -4.47. The topological polar surface area (TPSA) is 137 Å². The molecule has 0 fully saturated rings. The van der Waals surface area contributed by atoms with Crippen molar-refractivity contribution in [2.45, 2.75) is 6.92 Å². The summed E-state index contributed by atoms with van der Waals surface area (Å²) in [6.07, 6.45) is 0. The number of fused-ring (bicyclic) bond motifs is 3. The number of carboxylic acid groups (broad SMARTS) is 2. The highest BCUT2D eigenvalue weighted by molar-refractivity contribution is 6.52. The monoisotopic (exact) mass is 300 g/mol. The highest BCUT2D eigenvalue weighted by Gasteiger charge is 2.36. The van der Waals surface area contributed by atoms with Crippen LogP contribution < -0.4 is 0 Å². The molecule has 0 aromatic carbocycles. The van der Waals surface area contributed by atoms with Gasteiger partial charge in [-0.15, -0.1) is 0 Å². The second-order valence-corrected chi connectivity index (χ2v) is 4.79. The van der Waals surface area contributed by atoms with E-state index in [1.165, 1.54) is 6.07 Å². The van der Waals surface area contributed by atoms with E-state index in [0.29, 0.717) is 5.56 Å². The fourth-order valence-electron chi connectivity index (χ4n) is 2.44. The predicted octanol–water partition coefficient (Wildman–Crippen LogP) is 1.16. The summed E-state index contributed by atoms with van der Waals surface area (Å²) in [4.78, 5) is 52.5. The van der Waals surface area contributed by atoms with Gasteiger partial charge in [0.15, 0.2) is 0 Å². The maximum atomic E-state index is 12.1. The number of pyridine rings is 1. The van der Waals surface area contributed by atoms with Crippen LogP contribution in [0.1, 0.15) is 47.4 Å². The number of nitrogens with one attached hydrogen (secondary N) is 1. The Labute approximate surface area is 122 Å². The third-order valence-electron chi connectivity index (χ3n) is 3.40. The summed E-state index contributed by atoms with van der Waals surface area (Å²) < 4.78 is 0. The van der Waals surface area contributed by atoms with Crippen molar-refractivity contribution >= 4 is 23.5 Å². The van der Waals surface area contributed by atoms with E-state index in [4.69, 9.17) is 10.2 Å². The van der Waals surface area contributed by atoms with Gasteiger partial charge in [0.1, 0.15) is 17.1 Å². The first kappa shape index (κ1) is 13.7. The molecule has 3 N–H and O–H groups in total. The lowest BCUT2D eigenvalue weighted by molar-refractivity contribution is 0.0679. The fourth-order valence-corrected chi connectivity index (χ4v) is 2.44. The summed E-state index contributed by atoms with van der Waals surface area (Å²) in [6, 6.07) is 2.35. The van der Waals surface area contributed by atoms with E-state index >= 15 is 0 Å². The molecule has 3 rings (SSSR count). The van der Waals surface area contributed by atoms with Crippen molar-refractivity contribution < 1.29 is 29.4 Å². The summed E-state index contributed by atoms with van der Waals surface area (Å²) in [5, 5.41) is 18.0. The molecule has 0 saturated heterocycles. The number of carboxylic acids is 2. The molecule has 1 aliphatic carbocycles. The van der Waals surface area contributed by atoms with Crippen LogP contribution in [0.25, 0.3) is 11.3 Å². The van der Waals surface area contributed by atoms with Crippen LogP contribution in [-0.4, -0.2) is 43.7 Å². The number of hydrogen-bond acceptors (Lipinski definition) is 5. The minimum atomic E-state index is -1.32. The lowest BCUT2D eigenvalue weighted by atomic mass is 9.89. The lowest BCUT2D eigenvalue weighted by Crippen LogP contribution is -2.23. The molecule has 2 aromatic heterocycles. The van der Waals surface area contributed by atoms with Crippen LogP contribution in [0.4, 0.5) is 0 Å². The first-order valence-electron chi connectivity index (χ1n) is 6.12. The average molecular weight is 300 g/mol. The van der Waals surface area contributed by atoms with E-state index in [-0.39, 0.29) is 33.9 Å². The van der Waals surface area contributed by atoms with E-state index in [2.05, 4.69) is 9.97 Å². The van der Waals surface area contributed by atoms with E-state index < -0.39 is 23.5 Å². The number of nitrogens with zero attached hydrogens (tertiary/aromatic N) is 1. The second-order valence-electron chi connectivity index (χ2n) is 4.79. The molecule has 0 spiro atoms. The Bertz CT molecular complexity index is 893. The molecule has 0 aliphatic heterocycles. The number of hydrogen-bond donors (Lipinski definition) is 3. The Morgan fingerprint density at radius 1 is 1.09 bits per heavy atom. The molecule has 8 nitrogen and oxygen atoms in total. The predicted molar refractivity (Wildman–Crippen MR) is 71.3 cm³/mol. The minimum absolute atomic E-state index is 0.0529. The molecule has 0 bridgehead atoms. The number of H-pyrrole nitrogens is 1. The standard InChI is InChI=1S/C14H8N2O6/c1-4-2-6(13(19)20)16-10-8(4)9-5(11(17)12(10)18)3-7(15-9)14(21)22/h2-3,15H,1H3,(H,19,20)(H,21,22). The van der Waals surface area contributed by atoms with Gasteiger partial charge >= 0.3 is 11.9 Å². The van der Waals surface area contributed by atoms with E-state index in [1.807, 2.05) is 0 Å². The normalized spacial score (nSPS) is 12.8. The van der Waals surface area contributed by atoms with Gasteiger partial charge in [0.05, 0.1) is 11.3 Å². The second kappa shape index (κ2) is 4.35. The summed E-state index contributed by atoms with van der Waals surface area (Å²) in [7, 11) is 0. The zero-order chi connectivity index (χ0) is 16.2. The number of aryl methyl sites for hydroxylation is 1. The number of ketones is 2. The van der Waals surface area contributed by atoms with Crippen molar-refractivity contribution in [1.82, 2.24) is 9.97 Å². The maximum Gasteiger partial charge on any atom is 0.354 e. The van der Waals surface area contributed by atoms with E-state index in [1.54, 1.807) is 6.92 Å². The Kier molecular flexibility index (Phi) is 2.71. The smallest absolute Gasteiger partial charge is 0.354 e. The van der Waals surface area contributed by atoms with Gasteiger partial charge in [-0.1, -0.05) is 0 Å². The van der Waals surface area contributed by atoms with Gasteiger partial charge in [-0.2, -0.15) is 0 Å².